The number of methoxy groups -OCH3 is 1. The molecule has 0 aliphatic carbocycles. The molecule has 0 unspecified atom stereocenters. The quantitative estimate of drug-likeness (QED) is 0.866. The molecule has 2 heterocycles. The number of piperidine rings is 1. The number of anilines is 2. The number of benzene rings is 1. The second-order valence-electron chi connectivity index (χ2n) is 7.86. The number of para-hydroxylation sites is 2. The Hall–Kier alpha value is -2.08. The predicted molar refractivity (Wildman–Crippen MR) is 101 cm³/mol. The van der Waals surface area contributed by atoms with Crippen molar-refractivity contribution in [3.63, 3.8) is 0 Å². The molecule has 2 aliphatic heterocycles. The summed E-state index contributed by atoms with van der Waals surface area (Å²) in [5.74, 6) is 0.936. The number of hydrogen-bond donors (Lipinski definition) is 2. The molecule has 0 aromatic heterocycles. The molecular formula is C19H28N4O2. The molecule has 3 rings (SSSR count). The summed E-state index contributed by atoms with van der Waals surface area (Å²) < 4.78 is 5.04. The Morgan fingerprint density at radius 3 is 2.72 bits per heavy atom. The molecule has 2 aliphatic rings. The Morgan fingerprint density at radius 1 is 1.32 bits per heavy atom. The molecular weight excluding hydrogens is 316 g/mol. The maximum Gasteiger partial charge on any atom is 0.248 e. The van der Waals surface area contributed by atoms with Crippen LogP contribution in [0.25, 0.3) is 0 Å². The van der Waals surface area contributed by atoms with Crippen LogP contribution in [0.1, 0.15) is 33.6 Å². The van der Waals surface area contributed by atoms with Crippen LogP contribution in [0.4, 0.5) is 11.4 Å². The lowest BCUT2D eigenvalue weighted by molar-refractivity contribution is -0.136. The third-order valence-corrected chi connectivity index (χ3v) is 4.57. The maximum absolute atomic E-state index is 12.4. The standard InChI is InChI=1S/C19H28N4O2/c1-18(2,3)22-17-19(21-15-9-6-5-8-14(15)20-17)10-7-11-23(13-19)16(24)12-25-4/h5-6,8-9,21H,7,10-13H2,1-4H3,(H,20,22)/t19-/m0/s1. The molecule has 2 N–H and O–H groups in total. The predicted octanol–water partition coefficient (Wildman–Crippen LogP) is 2.73. The molecule has 1 atom stereocenters. The molecule has 1 aromatic rings. The summed E-state index contributed by atoms with van der Waals surface area (Å²) in [5, 5.41) is 7.21. The molecule has 1 fully saturated rings. The number of likely N-dealkylation sites (tertiary alicyclic amines) is 1. The average Bonchev–Trinajstić information content (AvgIpc) is 2.55. The van der Waals surface area contributed by atoms with Crippen molar-refractivity contribution in [2.45, 2.75) is 44.7 Å². The smallest absolute Gasteiger partial charge is 0.248 e. The Labute approximate surface area is 149 Å². The number of aliphatic imine (C=N–C) groups is 1. The fraction of sp³-hybridized carbons (Fsp3) is 0.579. The highest BCUT2D eigenvalue weighted by atomic mass is 16.5. The molecule has 1 amide bonds. The number of carbonyl (C=O) groups is 1. The van der Waals surface area contributed by atoms with Gasteiger partial charge in [0.25, 0.3) is 0 Å². The van der Waals surface area contributed by atoms with E-state index in [1.54, 1.807) is 7.11 Å². The zero-order chi connectivity index (χ0) is 18.1. The Bertz CT molecular complexity index is 680. The van der Waals surface area contributed by atoms with Crippen molar-refractivity contribution in [1.82, 2.24) is 4.90 Å². The zero-order valence-corrected chi connectivity index (χ0v) is 15.6. The van der Waals surface area contributed by atoms with Gasteiger partial charge in [0.1, 0.15) is 18.0 Å². The molecule has 1 saturated heterocycles. The van der Waals surface area contributed by atoms with Gasteiger partial charge in [-0.05, 0) is 45.7 Å². The van der Waals surface area contributed by atoms with E-state index in [1.165, 1.54) is 0 Å². The van der Waals surface area contributed by atoms with Crippen LogP contribution >= 0.6 is 0 Å². The molecule has 6 nitrogen and oxygen atoms in total. The van der Waals surface area contributed by atoms with Crippen LogP contribution in [0.3, 0.4) is 0 Å². The van der Waals surface area contributed by atoms with Gasteiger partial charge in [0.15, 0.2) is 0 Å². The van der Waals surface area contributed by atoms with Gasteiger partial charge in [0.2, 0.25) is 5.91 Å². The van der Waals surface area contributed by atoms with E-state index in [4.69, 9.17) is 9.73 Å². The number of hydrogen-bond acceptors (Lipinski definition) is 4. The van der Waals surface area contributed by atoms with Gasteiger partial charge in [0, 0.05) is 13.7 Å². The number of carbonyl (C=O) groups excluding carboxylic acids is 1. The number of amides is 1. The topological polar surface area (TPSA) is 66.0 Å². The van der Waals surface area contributed by atoms with Crippen molar-refractivity contribution in [2.75, 3.05) is 37.4 Å². The fourth-order valence-corrected chi connectivity index (χ4v) is 3.51. The van der Waals surface area contributed by atoms with E-state index in [-0.39, 0.29) is 23.6 Å². The van der Waals surface area contributed by atoms with E-state index in [2.05, 4.69) is 37.5 Å². The molecule has 136 valence electrons. The van der Waals surface area contributed by atoms with E-state index < -0.39 is 0 Å². The van der Waals surface area contributed by atoms with Crippen molar-refractivity contribution < 1.29 is 9.53 Å². The number of ether oxygens (including phenoxy) is 1. The molecule has 1 spiro atoms. The van der Waals surface area contributed by atoms with Crippen molar-refractivity contribution in [3.05, 3.63) is 24.3 Å². The lowest BCUT2D eigenvalue weighted by atomic mass is 9.84. The van der Waals surface area contributed by atoms with Crippen molar-refractivity contribution in [3.8, 4) is 0 Å². The minimum Gasteiger partial charge on any atom is -0.375 e. The SMILES string of the molecule is COCC(=O)N1CCC[C@@]2(C1)Nc1ccccc1NC2=NC(C)(C)C. The number of rotatable bonds is 2. The zero-order valence-electron chi connectivity index (χ0n) is 15.6. The molecule has 0 radical (unpaired) electrons. The monoisotopic (exact) mass is 344 g/mol. The van der Waals surface area contributed by atoms with Crippen LogP contribution in [0.2, 0.25) is 0 Å². The molecule has 25 heavy (non-hydrogen) atoms. The van der Waals surface area contributed by atoms with Crippen LogP contribution in [0, 0.1) is 0 Å². The van der Waals surface area contributed by atoms with Gasteiger partial charge in [-0.1, -0.05) is 12.1 Å². The molecule has 1 aromatic carbocycles. The fourth-order valence-electron chi connectivity index (χ4n) is 3.51. The van der Waals surface area contributed by atoms with Gasteiger partial charge in [-0.15, -0.1) is 0 Å². The first kappa shape index (κ1) is 17.7. The first-order chi connectivity index (χ1) is 11.8. The van der Waals surface area contributed by atoms with Gasteiger partial charge in [0.05, 0.1) is 23.5 Å². The van der Waals surface area contributed by atoms with Crippen LogP contribution < -0.4 is 10.6 Å². The first-order valence-corrected chi connectivity index (χ1v) is 8.84. The van der Waals surface area contributed by atoms with Gasteiger partial charge in [-0.3, -0.25) is 9.79 Å². The first-order valence-electron chi connectivity index (χ1n) is 8.84. The summed E-state index contributed by atoms with van der Waals surface area (Å²) in [6, 6.07) is 8.14. The number of fused-ring (bicyclic) bond motifs is 1. The number of nitrogens with one attached hydrogen (secondary N) is 2. The molecule has 6 heteroatoms. The van der Waals surface area contributed by atoms with Crippen LogP contribution in [0.15, 0.2) is 29.3 Å². The van der Waals surface area contributed by atoms with Crippen molar-refractivity contribution in [2.24, 2.45) is 4.99 Å². The van der Waals surface area contributed by atoms with E-state index in [0.29, 0.717) is 6.54 Å². The minimum atomic E-state index is -0.386. The normalized spacial score (nSPS) is 24.6. The summed E-state index contributed by atoms with van der Waals surface area (Å²) in [6.07, 6.45) is 1.86. The molecule has 0 bridgehead atoms. The average molecular weight is 344 g/mol. The van der Waals surface area contributed by atoms with Gasteiger partial charge >= 0.3 is 0 Å². The van der Waals surface area contributed by atoms with E-state index in [9.17, 15) is 4.79 Å². The van der Waals surface area contributed by atoms with Crippen LogP contribution in [-0.2, 0) is 9.53 Å². The van der Waals surface area contributed by atoms with E-state index >= 15 is 0 Å². The third-order valence-electron chi connectivity index (χ3n) is 4.57. The second kappa shape index (κ2) is 6.67. The minimum absolute atomic E-state index is 0.0253. The highest BCUT2D eigenvalue weighted by molar-refractivity contribution is 6.10. The summed E-state index contributed by atoms with van der Waals surface area (Å²) >= 11 is 0. The number of nitrogens with zero attached hydrogens (tertiary/aromatic N) is 2. The van der Waals surface area contributed by atoms with E-state index in [0.717, 1.165) is 36.6 Å². The van der Waals surface area contributed by atoms with Gasteiger partial charge in [-0.2, -0.15) is 0 Å². The Morgan fingerprint density at radius 2 is 2.04 bits per heavy atom. The summed E-state index contributed by atoms with van der Waals surface area (Å²) in [7, 11) is 1.56. The Kier molecular flexibility index (Phi) is 4.73. The van der Waals surface area contributed by atoms with Crippen LogP contribution in [0.5, 0.6) is 0 Å². The maximum atomic E-state index is 12.4. The molecule has 0 saturated carbocycles. The Balaban J connectivity index is 1.98. The van der Waals surface area contributed by atoms with Crippen LogP contribution in [-0.4, -0.2) is 54.5 Å². The number of amidine groups is 1. The van der Waals surface area contributed by atoms with Gasteiger partial charge < -0.3 is 20.3 Å². The lowest BCUT2D eigenvalue weighted by Crippen LogP contribution is -2.63. The summed E-state index contributed by atoms with van der Waals surface area (Å²) in [4.78, 5) is 19.2. The van der Waals surface area contributed by atoms with Gasteiger partial charge in [-0.25, -0.2) is 0 Å². The second-order valence-corrected chi connectivity index (χ2v) is 7.86. The van der Waals surface area contributed by atoms with E-state index in [1.807, 2.05) is 23.1 Å². The summed E-state index contributed by atoms with van der Waals surface area (Å²) in [6.45, 7) is 7.74. The highest BCUT2D eigenvalue weighted by Gasteiger charge is 2.44. The lowest BCUT2D eigenvalue weighted by Gasteiger charge is -2.47. The van der Waals surface area contributed by atoms with Crippen molar-refractivity contribution >= 4 is 23.1 Å². The third kappa shape index (κ3) is 3.79. The largest absolute Gasteiger partial charge is 0.375 e. The van der Waals surface area contributed by atoms with Crippen molar-refractivity contribution in [1.29, 1.82) is 0 Å². The highest BCUT2D eigenvalue weighted by Crippen LogP contribution is 2.36. The summed E-state index contributed by atoms with van der Waals surface area (Å²) in [5.41, 5.74) is 1.48.